The van der Waals surface area contributed by atoms with Crippen LogP contribution in [-0.4, -0.2) is 47.4 Å². The largest absolute Gasteiger partial charge is 0.491 e. The molecular weight excluding hydrogens is 386 g/mol. The van der Waals surface area contributed by atoms with E-state index in [0.717, 1.165) is 35.8 Å². The van der Waals surface area contributed by atoms with E-state index in [1.165, 1.54) is 17.8 Å². The Hall–Kier alpha value is -2.41. The SMILES string of the molecule is CC1CCCN(C(=O)CCNC(=O)c2csc(-c3ccc(OC(C)C)cc3)n2)C1. The Morgan fingerprint density at radius 3 is 2.76 bits per heavy atom. The lowest BCUT2D eigenvalue weighted by molar-refractivity contribution is -0.132. The summed E-state index contributed by atoms with van der Waals surface area (Å²) in [6.45, 7) is 8.12. The number of hydrogen-bond donors (Lipinski definition) is 1. The van der Waals surface area contributed by atoms with E-state index in [4.69, 9.17) is 4.74 Å². The molecule has 1 aliphatic heterocycles. The molecule has 1 saturated heterocycles. The molecule has 1 aromatic heterocycles. The number of carbonyl (C=O) groups is 2. The van der Waals surface area contributed by atoms with Gasteiger partial charge in [-0.25, -0.2) is 4.98 Å². The highest BCUT2D eigenvalue weighted by Crippen LogP contribution is 2.26. The van der Waals surface area contributed by atoms with Gasteiger partial charge in [0.25, 0.3) is 5.91 Å². The van der Waals surface area contributed by atoms with Gasteiger partial charge in [-0.2, -0.15) is 0 Å². The number of carbonyl (C=O) groups excluding carboxylic acids is 2. The average Bonchev–Trinajstić information content (AvgIpc) is 3.18. The molecular formula is C22H29N3O3S. The van der Waals surface area contributed by atoms with Crippen molar-refractivity contribution in [2.45, 2.75) is 46.1 Å². The van der Waals surface area contributed by atoms with Gasteiger partial charge in [-0.1, -0.05) is 6.92 Å². The predicted octanol–water partition coefficient (Wildman–Crippen LogP) is 3.98. The number of amides is 2. The Kier molecular flexibility index (Phi) is 7.25. The normalized spacial score (nSPS) is 16.7. The van der Waals surface area contributed by atoms with Crippen LogP contribution in [-0.2, 0) is 4.79 Å². The quantitative estimate of drug-likeness (QED) is 0.743. The zero-order valence-corrected chi connectivity index (χ0v) is 18.1. The summed E-state index contributed by atoms with van der Waals surface area (Å²) in [7, 11) is 0. The number of thiazole rings is 1. The predicted molar refractivity (Wildman–Crippen MR) is 115 cm³/mol. The van der Waals surface area contributed by atoms with Gasteiger partial charge in [-0.15, -0.1) is 11.3 Å². The van der Waals surface area contributed by atoms with Gasteiger partial charge in [0, 0.05) is 37.0 Å². The first-order valence-corrected chi connectivity index (χ1v) is 11.1. The summed E-state index contributed by atoms with van der Waals surface area (Å²) >= 11 is 1.43. The lowest BCUT2D eigenvalue weighted by atomic mass is 10.00. The smallest absolute Gasteiger partial charge is 0.270 e. The van der Waals surface area contributed by atoms with Gasteiger partial charge in [0.2, 0.25) is 5.91 Å². The molecule has 156 valence electrons. The van der Waals surface area contributed by atoms with Crippen molar-refractivity contribution in [3.8, 4) is 16.3 Å². The molecule has 1 aromatic carbocycles. The van der Waals surface area contributed by atoms with Crippen LogP contribution in [0.5, 0.6) is 5.75 Å². The molecule has 3 rings (SSSR count). The van der Waals surface area contributed by atoms with Crippen molar-refractivity contribution in [3.05, 3.63) is 35.3 Å². The Morgan fingerprint density at radius 1 is 1.31 bits per heavy atom. The standard InChI is InChI=1S/C22H29N3O3S/c1-15(2)28-18-8-6-17(7-9-18)22-24-19(14-29-22)21(27)23-11-10-20(26)25-12-4-5-16(3)13-25/h6-9,14-16H,4-5,10-13H2,1-3H3,(H,23,27). The Morgan fingerprint density at radius 2 is 2.07 bits per heavy atom. The molecule has 2 amide bonds. The lowest BCUT2D eigenvalue weighted by Gasteiger charge is -2.31. The number of likely N-dealkylation sites (tertiary alicyclic amines) is 1. The van der Waals surface area contributed by atoms with E-state index < -0.39 is 0 Å². The van der Waals surface area contributed by atoms with Gasteiger partial charge in [0.05, 0.1) is 6.10 Å². The first-order valence-electron chi connectivity index (χ1n) is 10.2. The van der Waals surface area contributed by atoms with Gasteiger partial charge in [0.15, 0.2) is 0 Å². The minimum atomic E-state index is -0.243. The highest BCUT2D eigenvalue weighted by atomic mass is 32.1. The van der Waals surface area contributed by atoms with Crippen molar-refractivity contribution < 1.29 is 14.3 Å². The van der Waals surface area contributed by atoms with Gasteiger partial charge in [0.1, 0.15) is 16.5 Å². The van der Waals surface area contributed by atoms with Crippen LogP contribution in [0.1, 0.15) is 50.5 Å². The zero-order valence-electron chi connectivity index (χ0n) is 17.3. The fourth-order valence-corrected chi connectivity index (χ4v) is 4.21. The van der Waals surface area contributed by atoms with Crippen LogP contribution in [0.3, 0.4) is 0 Å². The second-order valence-corrected chi connectivity index (χ2v) is 8.68. The molecule has 29 heavy (non-hydrogen) atoms. The Balaban J connectivity index is 1.49. The number of benzene rings is 1. The average molecular weight is 416 g/mol. The van der Waals surface area contributed by atoms with Crippen molar-refractivity contribution in [2.75, 3.05) is 19.6 Å². The molecule has 7 heteroatoms. The van der Waals surface area contributed by atoms with Gasteiger partial charge in [-0.05, 0) is 56.9 Å². The maximum atomic E-state index is 12.4. The van der Waals surface area contributed by atoms with Crippen molar-refractivity contribution >= 4 is 23.2 Å². The highest BCUT2D eigenvalue weighted by Gasteiger charge is 2.21. The second kappa shape index (κ2) is 9.87. The molecule has 1 unspecified atom stereocenters. The monoisotopic (exact) mass is 415 g/mol. The van der Waals surface area contributed by atoms with E-state index in [1.807, 2.05) is 43.0 Å². The summed E-state index contributed by atoms with van der Waals surface area (Å²) in [5, 5.41) is 5.34. The Bertz CT molecular complexity index is 832. The first kappa shape index (κ1) is 21.3. The fourth-order valence-electron chi connectivity index (χ4n) is 3.41. The lowest BCUT2D eigenvalue weighted by Crippen LogP contribution is -2.40. The highest BCUT2D eigenvalue weighted by molar-refractivity contribution is 7.13. The number of aromatic nitrogens is 1. The third kappa shape index (κ3) is 6.03. The van der Waals surface area contributed by atoms with Crippen molar-refractivity contribution in [2.24, 2.45) is 5.92 Å². The molecule has 2 aromatic rings. The number of hydrogen-bond acceptors (Lipinski definition) is 5. The van der Waals surface area contributed by atoms with Crippen LogP contribution in [0.25, 0.3) is 10.6 Å². The summed E-state index contributed by atoms with van der Waals surface area (Å²) in [6.07, 6.45) is 2.69. The molecule has 0 aliphatic carbocycles. The van der Waals surface area contributed by atoms with Crippen molar-refractivity contribution in [1.82, 2.24) is 15.2 Å². The molecule has 2 heterocycles. The third-order valence-electron chi connectivity index (χ3n) is 4.84. The van der Waals surface area contributed by atoms with Crippen LogP contribution in [0, 0.1) is 5.92 Å². The molecule has 0 spiro atoms. The molecule has 1 atom stereocenters. The van der Waals surface area contributed by atoms with E-state index in [1.54, 1.807) is 5.38 Å². The number of piperidine rings is 1. The number of rotatable bonds is 7. The molecule has 0 radical (unpaired) electrons. The van der Waals surface area contributed by atoms with Gasteiger partial charge < -0.3 is 15.0 Å². The molecule has 1 N–H and O–H groups in total. The summed E-state index contributed by atoms with van der Waals surface area (Å²) in [4.78, 5) is 31.0. The van der Waals surface area contributed by atoms with Gasteiger partial charge in [-0.3, -0.25) is 9.59 Å². The topological polar surface area (TPSA) is 71.5 Å². The first-order chi connectivity index (χ1) is 13.9. The van der Waals surface area contributed by atoms with E-state index in [9.17, 15) is 9.59 Å². The molecule has 6 nitrogen and oxygen atoms in total. The van der Waals surface area contributed by atoms with Gasteiger partial charge >= 0.3 is 0 Å². The molecule has 0 saturated carbocycles. The maximum absolute atomic E-state index is 12.4. The van der Waals surface area contributed by atoms with Crippen LogP contribution >= 0.6 is 11.3 Å². The number of ether oxygens (including phenoxy) is 1. The zero-order chi connectivity index (χ0) is 20.8. The summed E-state index contributed by atoms with van der Waals surface area (Å²) in [6, 6.07) is 7.69. The van der Waals surface area contributed by atoms with Crippen LogP contribution in [0.2, 0.25) is 0 Å². The molecule has 1 fully saturated rings. The molecule has 1 aliphatic rings. The van der Waals surface area contributed by atoms with Crippen LogP contribution < -0.4 is 10.1 Å². The fraction of sp³-hybridized carbons (Fsp3) is 0.500. The maximum Gasteiger partial charge on any atom is 0.270 e. The van der Waals surface area contributed by atoms with E-state index >= 15 is 0 Å². The van der Waals surface area contributed by atoms with E-state index in [0.29, 0.717) is 24.6 Å². The summed E-state index contributed by atoms with van der Waals surface area (Å²) < 4.78 is 5.65. The van der Waals surface area contributed by atoms with Crippen molar-refractivity contribution in [1.29, 1.82) is 0 Å². The van der Waals surface area contributed by atoms with E-state index in [-0.39, 0.29) is 17.9 Å². The van der Waals surface area contributed by atoms with E-state index in [2.05, 4.69) is 17.2 Å². The second-order valence-electron chi connectivity index (χ2n) is 7.82. The summed E-state index contributed by atoms with van der Waals surface area (Å²) in [5.74, 6) is 1.24. The Labute approximate surface area is 176 Å². The third-order valence-corrected chi connectivity index (χ3v) is 5.74. The molecule has 0 bridgehead atoms. The minimum Gasteiger partial charge on any atom is -0.491 e. The number of nitrogens with one attached hydrogen (secondary N) is 1. The summed E-state index contributed by atoms with van der Waals surface area (Å²) in [5.41, 5.74) is 1.33. The van der Waals surface area contributed by atoms with Crippen LogP contribution in [0.4, 0.5) is 0 Å². The minimum absolute atomic E-state index is 0.111. The number of nitrogens with zero attached hydrogens (tertiary/aromatic N) is 2. The van der Waals surface area contributed by atoms with Crippen LogP contribution in [0.15, 0.2) is 29.6 Å². The van der Waals surface area contributed by atoms with Crippen molar-refractivity contribution in [3.63, 3.8) is 0 Å².